The molecule has 0 aliphatic carbocycles. The number of aliphatic hydroxyl groups is 1. The van der Waals surface area contributed by atoms with E-state index < -0.39 is 22.2 Å². The van der Waals surface area contributed by atoms with E-state index in [-0.39, 0.29) is 4.90 Å². The van der Waals surface area contributed by atoms with Gasteiger partial charge in [-0.3, -0.25) is 0 Å². The van der Waals surface area contributed by atoms with E-state index in [1.165, 1.54) is 11.4 Å². The molecule has 0 spiro atoms. The second kappa shape index (κ2) is 6.20. The lowest BCUT2D eigenvalue weighted by atomic mass is 9.95. The van der Waals surface area contributed by atoms with Crippen molar-refractivity contribution in [2.45, 2.75) is 23.5 Å². The van der Waals surface area contributed by atoms with Crippen LogP contribution in [-0.4, -0.2) is 45.0 Å². The van der Waals surface area contributed by atoms with Gasteiger partial charge in [-0.15, -0.1) is 0 Å². The first-order chi connectivity index (χ1) is 11.3. The molecule has 6 heteroatoms. The van der Waals surface area contributed by atoms with Crippen LogP contribution in [0.15, 0.2) is 53.4 Å². The number of sulfonamides is 1. The molecule has 2 unspecified atom stereocenters. The van der Waals surface area contributed by atoms with Crippen LogP contribution >= 0.6 is 0 Å². The third-order valence-corrected chi connectivity index (χ3v) is 6.58. The van der Waals surface area contributed by atoms with E-state index in [1.807, 2.05) is 43.3 Å². The maximum atomic E-state index is 12.7. The fourth-order valence-corrected chi connectivity index (χ4v) is 4.70. The van der Waals surface area contributed by atoms with Crippen molar-refractivity contribution in [1.29, 1.82) is 0 Å². The molecule has 0 amide bonds. The highest BCUT2D eigenvalue weighted by molar-refractivity contribution is 7.89. The molecule has 0 bridgehead atoms. The maximum Gasteiger partial charge on any atom is 0.243 e. The number of hydrogen-bond donors (Lipinski definition) is 1. The van der Waals surface area contributed by atoms with Gasteiger partial charge in [-0.05, 0) is 30.2 Å². The summed E-state index contributed by atoms with van der Waals surface area (Å²) < 4.78 is 26.7. The molecule has 1 N–H and O–H groups in total. The minimum Gasteiger partial charge on any atom is -0.387 e. The van der Waals surface area contributed by atoms with Crippen LogP contribution in [-0.2, 0) is 16.4 Å². The smallest absolute Gasteiger partial charge is 0.243 e. The third-order valence-electron chi connectivity index (χ3n) is 4.62. The normalized spacial score (nSPS) is 22.8. The summed E-state index contributed by atoms with van der Waals surface area (Å²) in [6.45, 7) is 0. The molecule has 0 saturated carbocycles. The van der Waals surface area contributed by atoms with Gasteiger partial charge in [0.25, 0.3) is 0 Å². The molecular formula is C18H22N2O3S. The van der Waals surface area contributed by atoms with Crippen LogP contribution in [0.1, 0.15) is 17.2 Å². The van der Waals surface area contributed by atoms with Crippen LogP contribution in [0, 0.1) is 0 Å². The molecule has 0 saturated heterocycles. The Labute approximate surface area is 143 Å². The predicted molar refractivity (Wildman–Crippen MR) is 94.6 cm³/mol. The zero-order valence-corrected chi connectivity index (χ0v) is 14.9. The number of hydrogen-bond acceptors (Lipinski definition) is 4. The summed E-state index contributed by atoms with van der Waals surface area (Å²) in [4.78, 5) is 2.20. The summed E-state index contributed by atoms with van der Waals surface area (Å²) in [6.07, 6.45) is -0.387. The van der Waals surface area contributed by atoms with Crippen molar-refractivity contribution >= 4 is 15.7 Å². The first-order valence-electron chi connectivity index (χ1n) is 7.83. The minimum atomic E-state index is -3.58. The number of likely N-dealkylation sites (N-methyl/N-ethyl adjacent to an activating group) is 1. The lowest BCUT2D eigenvalue weighted by Crippen LogP contribution is -2.46. The summed E-state index contributed by atoms with van der Waals surface area (Å²) >= 11 is 0. The lowest BCUT2D eigenvalue weighted by Gasteiger charge is -2.37. The monoisotopic (exact) mass is 346 g/mol. The fourth-order valence-electron chi connectivity index (χ4n) is 3.11. The Bertz CT molecular complexity index is 832. The molecule has 24 heavy (non-hydrogen) atoms. The molecule has 0 radical (unpaired) electrons. The first kappa shape index (κ1) is 17.0. The van der Waals surface area contributed by atoms with E-state index >= 15 is 0 Å². The van der Waals surface area contributed by atoms with Crippen LogP contribution in [0.5, 0.6) is 0 Å². The van der Waals surface area contributed by atoms with Crippen molar-refractivity contribution < 1.29 is 13.5 Å². The molecule has 2 aromatic rings. The molecule has 128 valence electrons. The standard InChI is InChI=1S/C18H22N2O3S/c1-19(2)14-10-8-13(9-11-14)12-16-18(21)15-6-4-5-7-17(15)24(22,23)20(16)3/h4-11,16,18,21H,12H2,1-3H3. The van der Waals surface area contributed by atoms with Crippen LogP contribution in [0.3, 0.4) is 0 Å². The van der Waals surface area contributed by atoms with E-state index in [9.17, 15) is 13.5 Å². The van der Waals surface area contributed by atoms with Gasteiger partial charge in [0.2, 0.25) is 10.0 Å². The Kier molecular flexibility index (Phi) is 4.38. The Morgan fingerprint density at radius 1 is 1.08 bits per heavy atom. The average molecular weight is 346 g/mol. The van der Waals surface area contributed by atoms with Crippen molar-refractivity contribution in [2.24, 2.45) is 0 Å². The van der Waals surface area contributed by atoms with E-state index in [4.69, 9.17) is 0 Å². The van der Waals surface area contributed by atoms with Crippen molar-refractivity contribution in [3.05, 3.63) is 59.7 Å². The minimum absolute atomic E-state index is 0.194. The zero-order chi connectivity index (χ0) is 17.5. The topological polar surface area (TPSA) is 60.9 Å². The summed E-state index contributed by atoms with van der Waals surface area (Å²) in [5.41, 5.74) is 2.55. The molecular weight excluding hydrogens is 324 g/mol. The number of benzene rings is 2. The van der Waals surface area contributed by atoms with Crippen molar-refractivity contribution in [1.82, 2.24) is 4.31 Å². The summed E-state index contributed by atoms with van der Waals surface area (Å²) in [5.74, 6) is 0. The second-order valence-electron chi connectivity index (χ2n) is 6.34. The van der Waals surface area contributed by atoms with E-state index in [1.54, 1.807) is 24.3 Å². The third kappa shape index (κ3) is 2.81. The number of fused-ring (bicyclic) bond motifs is 1. The van der Waals surface area contributed by atoms with Gasteiger partial charge >= 0.3 is 0 Å². The molecule has 0 fully saturated rings. The molecule has 3 rings (SSSR count). The van der Waals surface area contributed by atoms with Gasteiger partial charge in [-0.2, -0.15) is 4.31 Å². The van der Waals surface area contributed by atoms with E-state index in [0.29, 0.717) is 12.0 Å². The van der Waals surface area contributed by atoms with Crippen molar-refractivity contribution in [2.75, 3.05) is 26.0 Å². The number of rotatable bonds is 3. The van der Waals surface area contributed by atoms with Gasteiger partial charge in [-0.1, -0.05) is 30.3 Å². The fraction of sp³-hybridized carbons (Fsp3) is 0.333. The van der Waals surface area contributed by atoms with E-state index in [2.05, 4.69) is 0 Å². The average Bonchev–Trinajstić information content (AvgIpc) is 2.58. The van der Waals surface area contributed by atoms with Gasteiger partial charge in [0.1, 0.15) is 0 Å². The van der Waals surface area contributed by atoms with Gasteiger partial charge < -0.3 is 10.0 Å². The highest BCUT2D eigenvalue weighted by Crippen LogP contribution is 2.36. The van der Waals surface area contributed by atoms with Crippen LogP contribution in [0.2, 0.25) is 0 Å². The lowest BCUT2D eigenvalue weighted by molar-refractivity contribution is 0.0892. The number of anilines is 1. The van der Waals surface area contributed by atoms with Crippen LogP contribution < -0.4 is 4.90 Å². The SMILES string of the molecule is CN(C)c1ccc(CC2C(O)c3ccccc3S(=O)(=O)N2C)cc1. The quantitative estimate of drug-likeness (QED) is 0.924. The molecule has 0 aromatic heterocycles. The van der Waals surface area contributed by atoms with Gasteiger partial charge in [0.05, 0.1) is 17.0 Å². The van der Waals surface area contributed by atoms with Crippen LogP contribution in [0.25, 0.3) is 0 Å². The second-order valence-corrected chi connectivity index (χ2v) is 8.30. The molecule has 1 heterocycles. The first-order valence-corrected chi connectivity index (χ1v) is 9.27. The highest BCUT2D eigenvalue weighted by Gasteiger charge is 2.41. The van der Waals surface area contributed by atoms with Gasteiger partial charge in [-0.25, -0.2) is 8.42 Å². The van der Waals surface area contributed by atoms with E-state index in [0.717, 1.165) is 11.3 Å². The zero-order valence-electron chi connectivity index (χ0n) is 14.0. The maximum absolute atomic E-state index is 12.7. The Balaban J connectivity index is 1.94. The largest absolute Gasteiger partial charge is 0.387 e. The molecule has 2 atom stereocenters. The molecule has 5 nitrogen and oxygen atoms in total. The predicted octanol–water partition coefficient (Wildman–Crippen LogP) is 2.03. The van der Waals surface area contributed by atoms with Crippen LogP contribution in [0.4, 0.5) is 5.69 Å². The molecule has 1 aliphatic rings. The summed E-state index contributed by atoms with van der Waals surface area (Å²) in [5, 5.41) is 10.7. The summed E-state index contributed by atoms with van der Waals surface area (Å²) in [6, 6.07) is 14.1. The Morgan fingerprint density at radius 2 is 1.71 bits per heavy atom. The highest BCUT2D eigenvalue weighted by atomic mass is 32.2. The molecule has 1 aliphatic heterocycles. The number of aliphatic hydroxyl groups excluding tert-OH is 1. The Hall–Kier alpha value is -1.89. The van der Waals surface area contributed by atoms with Crippen molar-refractivity contribution in [3.8, 4) is 0 Å². The van der Waals surface area contributed by atoms with Crippen molar-refractivity contribution in [3.63, 3.8) is 0 Å². The number of nitrogens with zero attached hydrogens (tertiary/aromatic N) is 2. The van der Waals surface area contributed by atoms with Gasteiger partial charge in [0, 0.05) is 32.4 Å². The molecule has 2 aromatic carbocycles. The van der Waals surface area contributed by atoms with Gasteiger partial charge in [0.15, 0.2) is 0 Å². The Morgan fingerprint density at radius 3 is 2.33 bits per heavy atom. The summed E-state index contributed by atoms with van der Waals surface area (Å²) in [7, 11) is 1.89.